The van der Waals surface area contributed by atoms with Crippen LogP contribution in [0.25, 0.3) is 0 Å². The topological polar surface area (TPSA) is 55.4 Å². The number of ether oxygens (including phenoxy) is 1. The number of nitrogens with one attached hydrogen (secondary N) is 1. The Morgan fingerprint density at radius 1 is 0.846 bits per heavy atom. The van der Waals surface area contributed by atoms with Crippen LogP contribution in [-0.2, 0) is 4.79 Å². The molecule has 0 fully saturated rings. The summed E-state index contributed by atoms with van der Waals surface area (Å²) in [6.45, 7) is -0.101. The Morgan fingerprint density at radius 3 is 1.88 bits per heavy atom. The van der Waals surface area contributed by atoms with Gasteiger partial charge in [0.1, 0.15) is 12.0 Å². The molecule has 130 valence electrons. The molecule has 26 heavy (non-hydrogen) atoms. The highest BCUT2D eigenvalue weighted by atomic mass is 16.5. The number of amides is 1. The minimum Gasteiger partial charge on any atom is -0.484 e. The summed E-state index contributed by atoms with van der Waals surface area (Å²) < 4.78 is 5.51. The fourth-order valence-corrected chi connectivity index (χ4v) is 2.64. The Hall–Kier alpha value is -3.40. The van der Waals surface area contributed by atoms with Crippen LogP contribution in [0, 0.1) is 0 Å². The molecule has 0 aromatic heterocycles. The van der Waals surface area contributed by atoms with Gasteiger partial charge in [0.15, 0.2) is 6.61 Å². The molecule has 0 heterocycles. The van der Waals surface area contributed by atoms with E-state index in [1.165, 1.54) is 0 Å². The van der Waals surface area contributed by atoms with Crippen LogP contribution >= 0.6 is 0 Å². The zero-order valence-electron chi connectivity index (χ0n) is 14.2. The molecular weight excluding hydrogens is 326 g/mol. The summed E-state index contributed by atoms with van der Waals surface area (Å²) in [5.74, 6) is 0.323. The van der Waals surface area contributed by atoms with Gasteiger partial charge in [-0.15, -0.1) is 0 Å². The first-order valence-corrected chi connectivity index (χ1v) is 8.33. The Morgan fingerprint density at radius 2 is 1.38 bits per heavy atom. The lowest BCUT2D eigenvalue weighted by molar-refractivity contribution is -0.123. The molecule has 0 aliphatic heterocycles. The lowest BCUT2D eigenvalue weighted by atomic mass is 9.99. The minimum atomic E-state index is -0.245. The summed E-state index contributed by atoms with van der Waals surface area (Å²) in [6.07, 6.45) is 0.765. The minimum absolute atomic E-state index is 0.101. The summed E-state index contributed by atoms with van der Waals surface area (Å²) in [5.41, 5.74) is 2.57. The van der Waals surface area contributed by atoms with E-state index < -0.39 is 0 Å². The Balaban J connectivity index is 1.68. The Labute approximate surface area is 152 Å². The number of hydrogen-bond acceptors (Lipinski definition) is 3. The summed E-state index contributed by atoms with van der Waals surface area (Å²) in [5, 5.41) is 3.02. The van der Waals surface area contributed by atoms with Gasteiger partial charge in [-0.3, -0.25) is 9.59 Å². The van der Waals surface area contributed by atoms with Gasteiger partial charge >= 0.3 is 0 Å². The normalized spacial score (nSPS) is 10.3. The third-order valence-electron chi connectivity index (χ3n) is 3.96. The van der Waals surface area contributed by atoms with Crippen LogP contribution in [0.15, 0.2) is 84.9 Å². The van der Waals surface area contributed by atoms with Gasteiger partial charge in [-0.2, -0.15) is 0 Å². The second kappa shape index (κ2) is 8.62. The molecule has 4 heteroatoms. The van der Waals surface area contributed by atoms with Crippen molar-refractivity contribution in [3.63, 3.8) is 0 Å². The van der Waals surface area contributed by atoms with E-state index in [1.807, 2.05) is 60.7 Å². The number of hydrogen-bond donors (Lipinski definition) is 1. The average molecular weight is 345 g/mol. The van der Waals surface area contributed by atoms with Gasteiger partial charge < -0.3 is 10.1 Å². The van der Waals surface area contributed by atoms with Gasteiger partial charge in [0.05, 0.1) is 6.04 Å². The largest absolute Gasteiger partial charge is 0.484 e. The molecule has 3 aromatic carbocycles. The van der Waals surface area contributed by atoms with Crippen molar-refractivity contribution in [2.24, 2.45) is 0 Å². The van der Waals surface area contributed by atoms with E-state index in [2.05, 4.69) is 5.32 Å². The molecular formula is C22H19NO3. The van der Waals surface area contributed by atoms with Crippen molar-refractivity contribution < 1.29 is 14.3 Å². The molecule has 0 radical (unpaired) electrons. The second-order valence-corrected chi connectivity index (χ2v) is 5.80. The molecule has 0 bridgehead atoms. The first-order valence-electron chi connectivity index (χ1n) is 8.33. The van der Waals surface area contributed by atoms with Crippen LogP contribution < -0.4 is 10.1 Å². The standard InChI is InChI=1S/C22H19NO3/c24-15-17-11-13-20(14-12-17)26-16-21(25)23-22(18-7-3-1-4-8-18)19-9-5-2-6-10-19/h1-15,22H,16H2,(H,23,25). The number of carbonyl (C=O) groups is 2. The van der Waals surface area contributed by atoms with Crippen molar-refractivity contribution in [2.45, 2.75) is 6.04 Å². The highest BCUT2D eigenvalue weighted by Gasteiger charge is 2.16. The maximum absolute atomic E-state index is 12.4. The van der Waals surface area contributed by atoms with Crippen molar-refractivity contribution in [3.05, 3.63) is 102 Å². The third-order valence-corrected chi connectivity index (χ3v) is 3.96. The Bertz CT molecular complexity index is 806. The molecule has 0 spiro atoms. The first-order chi connectivity index (χ1) is 12.8. The van der Waals surface area contributed by atoms with Gasteiger partial charge in [-0.25, -0.2) is 0 Å². The molecule has 3 aromatic rings. The van der Waals surface area contributed by atoms with Crippen LogP contribution in [0.1, 0.15) is 27.5 Å². The van der Waals surface area contributed by atoms with Gasteiger partial charge in [0.2, 0.25) is 0 Å². The molecule has 0 aliphatic rings. The van der Waals surface area contributed by atoms with Crippen molar-refractivity contribution >= 4 is 12.2 Å². The fourth-order valence-electron chi connectivity index (χ4n) is 2.64. The van der Waals surface area contributed by atoms with Crippen LogP contribution in [0.2, 0.25) is 0 Å². The van der Waals surface area contributed by atoms with E-state index >= 15 is 0 Å². The number of rotatable bonds is 7. The predicted octanol–water partition coefficient (Wildman–Crippen LogP) is 3.78. The Kier molecular flexibility index (Phi) is 5.78. The van der Waals surface area contributed by atoms with E-state index in [4.69, 9.17) is 4.74 Å². The smallest absolute Gasteiger partial charge is 0.258 e. The molecule has 0 saturated carbocycles. The molecule has 0 atom stereocenters. The van der Waals surface area contributed by atoms with E-state index in [1.54, 1.807) is 24.3 Å². The van der Waals surface area contributed by atoms with Gasteiger partial charge in [0.25, 0.3) is 5.91 Å². The monoisotopic (exact) mass is 345 g/mol. The summed E-state index contributed by atoms with van der Waals surface area (Å²) in [7, 11) is 0. The third kappa shape index (κ3) is 4.57. The van der Waals surface area contributed by atoms with E-state index in [-0.39, 0.29) is 18.6 Å². The average Bonchev–Trinajstić information content (AvgIpc) is 2.72. The van der Waals surface area contributed by atoms with E-state index in [0.29, 0.717) is 11.3 Å². The van der Waals surface area contributed by atoms with Gasteiger partial charge in [-0.05, 0) is 35.4 Å². The number of carbonyl (C=O) groups excluding carboxylic acids is 2. The maximum atomic E-state index is 12.4. The molecule has 3 rings (SSSR count). The summed E-state index contributed by atoms with van der Waals surface area (Å²) in [4.78, 5) is 23.1. The van der Waals surface area contributed by atoms with Gasteiger partial charge in [-0.1, -0.05) is 60.7 Å². The molecule has 1 amide bonds. The quantitative estimate of drug-likeness (QED) is 0.663. The summed E-state index contributed by atoms with van der Waals surface area (Å²) in [6, 6.07) is 26.0. The van der Waals surface area contributed by atoms with Crippen molar-refractivity contribution in [1.82, 2.24) is 5.32 Å². The molecule has 4 nitrogen and oxygen atoms in total. The highest BCUT2D eigenvalue weighted by Crippen LogP contribution is 2.21. The molecule has 0 unspecified atom stereocenters. The maximum Gasteiger partial charge on any atom is 0.258 e. The van der Waals surface area contributed by atoms with Crippen LogP contribution in [0.4, 0.5) is 0 Å². The van der Waals surface area contributed by atoms with E-state index in [9.17, 15) is 9.59 Å². The molecule has 1 N–H and O–H groups in total. The zero-order chi connectivity index (χ0) is 18.2. The van der Waals surface area contributed by atoms with Crippen molar-refractivity contribution in [3.8, 4) is 5.75 Å². The molecule has 0 saturated heterocycles. The number of aldehydes is 1. The van der Waals surface area contributed by atoms with Crippen LogP contribution in [-0.4, -0.2) is 18.8 Å². The predicted molar refractivity (Wildman–Crippen MR) is 100 cm³/mol. The molecule has 0 aliphatic carbocycles. The number of benzene rings is 3. The SMILES string of the molecule is O=Cc1ccc(OCC(=O)NC(c2ccccc2)c2ccccc2)cc1. The highest BCUT2D eigenvalue weighted by molar-refractivity contribution is 5.78. The zero-order valence-corrected chi connectivity index (χ0v) is 14.2. The fraction of sp³-hybridized carbons (Fsp3) is 0.0909. The lowest BCUT2D eigenvalue weighted by Crippen LogP contribution is -2.33. The van der Waals surface area contributed by atoms with Crippen molar-refractivity contribution in [1.29, 1.82) is 0 Å². The lowest BCUT2D eigenvalue weighted by Gasteiger charge is -2.20. The van der Waals surface area contributed by atoms with Crippen LogP contribution in [0.3, 0.4) is 0 Å². The van der Waals surface area contributed by atoms with E-state index in [0.717, 1.165) is 17.4 Å². The second-order valence-electron chi connectivity index (χ2n) is 5.80. The summed E-state index contributed by atoms with van der Waals surface area (Å²) >= 11 is 0. The van der Waals surface area contributed by atoms with Crippen molar-refractivity contribution in [2.75, 3.05) is 6.61 Å². The van der Waals surface area contributed by atoms with Crippen LogP contribution in [0.5, 0.6) is 5.75 Å². The van der Waals surface area contributed by atoms with Gasteiger partial charge in [0, 0.05) is 5.56 Å². The first kappa shape index (κ1) is 17.4.